The summed E-state index contributed by atoms with van der Waals surface area (Å²) in [7, 11) is 1.69. The molecule has 96 valence electrons. The highest BCUT2D eigenvalue weighted by Crippen LogP contribution is 2.21. The van der Waals surface area contributed by atoms with Gasteiger partial charge >= 0.3 is 0 Å². The molecule has 3 heteroatoms. The zero-order valence-corrected chi connectivity index (χ0v) is 10.7. The Hall–Kier alpha value is -1.74. The number of ether oxygens (including phenoxy) is 1. The maximum Gasteiger partial charge on any atom is 0.118 e. The van der Waals surface area contributed by atoms with Crippen LogP contribution >= 0.6 is 0 Å². The van der Waals surface area contributed by atoms with Crippen molar-refractivity contribution in [2.45, 2.75) is 18.8 Å². The number of aryl methyl sites for hydroxylation is 1. The van der Waals surface area contributed by atoms with Crippen LogP contribution in [0.2, 0.25) is 0 Å². The van der Waals surface area contributed by atoms with Crippen molar-refractivity contribution in [3.05, 3.63) is 53.9 Å². The van der Waals surface area contributed by atoms with Gasteiger partial charge in [-0.1, -0.05) is 12.1 Å². The lowest BCUT2D eigenvalue weighted by Gasteiger charge is -2.13. The van der Waals surface area contributed by atoms with Crippen molar-refractivity contribution in [3.63, 3.8) is 0 Å². The Morgan fingerprint density at radius 1 is 1.22 bits per heavy atom. The van der Waals surface area contributed by atoms with E-state index in [0.29, 0.717) is 12.5 Å². The predicted molar refractivity (Wildman–Crippen MR) is 73.9 cm³/mol. The van der Waals surface area contributed by atoms with E-state index >= 15 is 0 Å². The van der Waals surface area contributed by atoms with E-state index in [4.69, 9.17) is 10.5 Å². The van der Waals surface area contributed by atoms with Gasteiger partial charge in [-0.3, -0.25) is 0 Å². The molecule has 1 atom stereocenters. The number of nitrogens with one attached hydrogen (secondary N) is 1. The van der Waals surface area contributed by atoms with Crippen LogP contribution in [0, 0.1) is 0 Å². The van der Waals surface area contributed by atoms with Gasteiger partial charge in [-0.15, -0.1) is 0 Å². The maximum absolute atomic E-state index is 5.84. The topological polar surface area (TPSA) is 51.0 Å². The molecule has 2 rings (SSSR count). The SMILES string of the molecule is COc1ccc(CCC(CN)c2cc[nH]c2)cc1. The lowest BCUT2D eigenvalue weighted by Crippen LogP contribution is -2.12. The Balaban J connectivity index is 1.93. The smallest absolute Gasteiger partial charge is 0.118 e. The highest BCUT2D eigenvalue weighted by molar-refractivity contribution is 5.27. The Bertz CT molecular complexity index is 448. The van der Waals surface area contributed by atoms with Gasteiger partial charge in [0.25, 0.3) is 0 Å². The van der Waals surface area contributed by atoms with E-state index < -0.39 is 0 Å². The van der Waals surface area contributed by atoms with Crippen LogP contribution in [0.3, 0.4) is 0 Å². The zero-order valence-electron chi connectivity index (χ0n) is 10.7. The summed E-state index contributed by atoms with van der Waals surface area (Å²) in [6.07, 6.45) is 6.09. The number of benzene rings is 1. The first-order valence-corrected chi connectivity index (χ1v) is 6.29. The first-order valence-electron chi connectivity index (χ1n) is 6.29. The van der Waals surface area contributed by atoms with E-state index in [0.717, 1.165) is 18.6 Å². The molecule has 3 N–H and O–H groups in total. The monoisotopic (exact) mass is 244 g/mol. The molecule has 1 aromatic heterocycles. The second-order valence-electron chi connectivity index (χ2n) is 4.46. The third-order valence-electron chi connectivity index (χ3n) is 3.32. The predicted octanol–water partition coefficient (Wildman–Crippen LogP) is 2.70. The fraction of sp³-hybridized carbons (Fsp3) is 0.333. The summed E-state index contributed by atoms with van der Waals surface area (Å²) in [4.78, 5) is 3.09. The highest BCUT2D eigenvalue weighted by atomic mass is 16.5. The molecule has 2 aromatic rings. The van der Waals surface area contributed by atoms with Gasteiger partial charge in [0.05, 0.1) is 7.11 Å². The van der Waals surface area contributed by atoms with Crippen molar-refractivity contribution < 1.29 is 4.74 Å². The minimum Gasteiger partial charge on any atom is -0.497 e. The summed E-state index contributed by atoms with van der Waals surface area (Å²) in [6, 6.07) is 10.3. The Morgan fingerprint density at radius 2 is 2.00 bits per heavy atom. The third-order valence-corrected chi connectivity index (χ3v) is 3.32. The molecule has 0 aliphatic carbocycles. The number of aromatic amines is 1. The number of rotatable bonds is 6. The third kappa shape index (κ3) is 3.14. The fourth-order valence-electron chi connectivity index (χ4n) is 2.14. The van der Waals surface area contributed by atoms with Crippen molar-refractivity contribution in [1.82, 2.24) is 4.98 Å². The number of H-pyrrole nitrogens is 1. The van der Waals surface area contributed by atoms with Crippen LogP contribution in [-0.2, 0) is 6.42 Å². The van der Waals surface area contributed by atoms with E-state index in [1.165, 1.54) is 11.1 Å². The standard InChI is InChI=1S/C15H20N2O/c1-18-15-6-3-12(4-7-15)2-5-13(10-16)14-8-9-17-11-14/h3-4,6-9,11,13,17H,2,5,10,16H2,1H3. The average molecular weight is 244 g/mol. The lowest BCUT2D eigenvalue weighted by molar-refractivity contribution is 0.414. The number of hydrogen-bond donors (Lipinski definition) is 2. The molecule has 0 bridgehead atoms. The van der Waals surface area contributed by atoms with Crippen LogP contribution in [-0.4, -0.2) is 18.6 Å². The molecule has 3 nitrogen and oxygen atoms in total. The minimum atomic E-state index is 0.429. The molecule has 18 heavy (non-hydrogen) atoms. The summed E-state index contributed by atoms with van der Waals surface area (Å²) >= 11 is 0. The quantitative estimate of drug-likeness (QED) is 0.821. The summed E-state index contributed by atoms with van der Waals surface area (Å²) < 4.78 is 5.15. The van der Waals surface area contributed by atoms with Gasteiger partial charge in [0.15, 0.2) is 0 Å². The maximum atomic E-state index is 5.84. The highest BCUT2D eigenvalue weighted by Gasteiger charge is 2.10. The van der Waals surface area contributed by atoms with Gasteiger partial charge < -0.3 is 15.5 Å². The second-order valence-corrected chi connectivity index (χ2v) is 4.46. The van der Waals surface area contributed by atoms with Crippen molar-refractivity contribution in [2.24, 2.45) is 5.73 Å². The van der Waals surface area contributed by atoms with Gasteiger partial charge in [0.1, 0.15) is 5.75 Å². The molecular weight excluding hydrogens is 224 g/mol. The van der Waals surface area contributed by atoms with Crippen molar-refractivity contribution >= 4 is 0 Å². The van der Waals surface area contributed by atoms with Gasteiger partial charge in [0, 0.05) is 12.4 Å². The number of methoxy groups -OCH3 is 1. The van der Waals surface area contributed by atoms with Crippen LogP contribution in [0.1, 0.15) is 23.5 Å². The molecule has 1 aromatic carbocycles. The molecular formula is C15H20N2O. The number of nitrogens with two attached hydrogens (primary N) is 1. The Labute approximate surface area is 108 Å². The summed E-state index contributed by atoms with van der Waals surface area (Å²) in [5.74, 6) is 1.33. The summed E-state index contributed by atoms with van der Waals surface area (Å²) in [6.45, 7) is 0.689. The largest absolute Gasteiger partial charge is 0.497 e. The molecule has 0 fully saturated rings. The van der Waals surface area contributed by atoms with E-state index in [1.54, 1.807) is 7.11 Å². The molecule has 0 radical (unpaired) electrons. The van der Waals surface area contributed by atoms with E-state index in [1.807, 2.05) is 24.5 Å². The van der Waals surface area contributed by atoms with Crippen LogP contribution < -0.4 is 10.5 Å². The second kappa shape index (κ2) is 6.26. The lowest BCUT2D eigenvalue weighted by atomic mass is 9.94. The molecule has 1 heterocycles. The van der Waals surface area contributed by atoms with Crippen molar-refractivity contribution in [3.8, 4) is 5.75 Å². The first kappa shape index (κ1) is 12.7. The van der Waals surface area contributed by atoms with Crippen LogP contribution in [0.15, 0.2) is 42.7 Å². The van der Waals surface area contributed by atoms with Crippen LogP contribution in [0.25, 0.3) is 0 Å². The molecule has 0 saturated carbocycles. The normalized spacial score (nSPS) is 12.3. The van der Waals surface area contributed by atoms with Gasteiger partial charge in [0.2, 0.25) is 0 Å². The van der Waals surface area contributed by atoms with Gasteiger partial charge in [-0.2, -0.15) is 0 Å². The average Bonchev–Trinajstić information content (AvgIpc) is 2.94. The molecule has 0 amide bonds. The van der Waals surface area contributed by atoms with Crippen molar-refractivity contribution in [2.75, 3.05) is 13.7 Å². The van der Waals surface area contributed by atoms with Gasteiger partial charge in [-0.25, -0.2) is 0 Å². The van der Waals surface area contributed by atoms with E-state index in [9.17, 15) is 0 Å². The van der Waals surface area contributed by atoms with E-state index in [2.05, 4.69) is 23.2 Å². The molecule has 1 unspecified atom stereocenters. The van der Waals surface area contributed by atoms with Crippen LogP contribution in [0.5, 0.6) is 5.75 Å². The van der Waals surface area contributed by atoms with Crippen molar-refractivity contribution in [1.29, 1.82) is 0 Å². The molecule has 0 aliphatic heterocycles. The molecule has 0 saturated heterocycles. The molecule has 0 spiro atoms. The number of hydrogen-bond acceptors (Lipinski definition) is 2. The summed E-state index contributed by atoms with van der Waals surface area (Å²) in [5.41, 5.74) is 8.46. The first-order chi connectivity index (χ1) is 8.83. The Morgan fingerprint density at radius 3 is 2.56 bits per heavy atom. The number of aromatic nitrogens is 1. The van der Waals surface area contributed by atoms with E-state index in [-0.39, 0.29) is 0 Å². The minimum absolute atomic E-state index is 0.429. The zero-order chi connectivity index (χ0) is 12.8. The van der Waals surface area contributed by atoms with Gasteiger partial charge in [-0.05, 0) is 54.6 Å². The Kier molecular flexibility index (Phi) is 4.42. The molecule has 0 aliphatic rings. The van der Waals surface area contributed by atoms with Crippen LogP contribution in [0.4, 0.5) is 0 Å². The fourth-order valence-corrected chi connectivity index (χ4v) is 2.14. The summed E-state index contributed by atoms with van der Waals surface area (Å²) in [5, 5.41) is 0.